The highest BCUT2D eigenvalue weighted by molar-refractivity contribution is 5.81. The highest BCUT2D eigenvalue weighted by Crippen LogP contribution is 2.16. The molecule has 0 bridgehead atoms. The summed E-state index contributed by atoms with van der Waals surface area (Å²) in [5.41, 5.74) is 2.36. The van der Waals surface area contributed by atoms with Crippen LogP contribution in [-0.4, -0.2) is 55.3 Å². The number of aliphatic carboxylic acids is 1. The second kappa shape index (κ2) is 9.84. The molecule has 6 nitrogen and oxygen atoms in total. The molecule has 128 valence electrons. The van der Waals surface area contributed by atoms with Crippen LogP contribution in [0.5, 0.6) is 5.75 Å². The summed E-state index contributed by atoms with van der Waals surface area (Å²) in [5.74, 6) is -0.448. The van der Waals surface area contributed by atoms with Gasteiger partial charge in [-0.05, 0) is 43.5 Å². The van der Waals surface area contributed by atoms with Crippen LogP contribution >= 0.6 is 0 Å². The molecule has 1 amide bonds. The Kier molecular flexibility index (Phi) is 8.11. The second-order valence-electron chi connectivity index (χ2n) is 5.40. The fraction of sp³-hybridized carbons (Fsp3) is 0.529. The Labute approximate surface area is 137 Å². The van der Waals surface area contributed by atoms with Gasteiger partial charge in [-0.2, -0.15) is 0 Å². The van der Waals surface area contributed by atoms with Crippen LogP contribution in [0.3, 0.4) is 0 Å². The van der Waals surface area contributed by atoms with E-state index in [0.717, 1.165) is 11.3 Å². The number of amides is 1. The second-order valence-corrected chi connectivity index (χ2v) is 5.40. The number of carboxylic acid groups (broad SMARTS) is 1. The molecule has 0 aliphatic heterocycles. The average Bonchev–Trinajstić information content (AvgIpc) is 2.50. The van der Waals surface area contributed by atoms with Crippen LogP contribution in [0.1, 0.15) is 24.0 Å². The van der Waals surface area contributed by atoms with Crippen molar-refractivity contribution in [3.8, 4) is 5.75 Å². The van der Waals surface area contributed by atoms with Crippen LogP contribution in [0.4, 0.5) is 0 Å². The number of carbonyl (C=O) groups is 2. The number of hydrogen-bond acceptors (Lipinski definition) is 4. The number of carbonyl (C=O) groups excluding carboxylic acids is 1. The Morgan fingerprint density at radius 3 is 2.52 bits per heavy atom. The number of hydrogen-bond donors (Lipinski definition) is 1. The SMILES string of the molecule is COCCN(CC(=O)O)C(=O)CCCOc1ccc(C)c(C)c1. The lowest BCUT2D eigenvalue weighted by molar-refractivity contribution is -0.145. The molecule has 1 aromatic rings. The molecule has 0 radical (unpaired) electrons. The molecule has 0 saturated heterocycles. The van der Waals surface area contributed by atoms with Crippen LogP contribution in [0, 0.1) is 13.8 Å². The molecular weight excluding hydrogens is 298 g/mol. The summed E-state index contributed by atoms with van der Waals surface area (Å²) < 4.78 is 10.5. The molecule has 6 heteroatoms. The van der Waals surface area contributed by atoms with Crippen molar-refractivity contribution in [2.75, 3.05) is 33.4 Å². The van der Waals surface area contributed by atoms with Gasteiger partial charge >= 0.3 is 5.97 Å². The first-order valence-electron chi connectivity index (χ1n) is 7.62. The lowest BCUT2D eigenvalue weighted by atomic mass is 10.1. The molecule has 23 heavy (non-hydrogen) atoms. The normalized spacial score (nSPS) is 10.4. The van der Waals surface area contributed by atoms with Crippen molar-refractivity contribution < 1.29 is 24.2 Å². The van der Waals surface area contributed by atoms with Crippen LogP contribution in [0.2, 0.25) is 0 Å². The Balaban J connectivity index is 2.38. The molecule has 0 atom stereocenters. The maximum Gasteiger partial charge on any atom is 0.323 e. The van der Waals surface area contributed by atoms with E-state index < -0.39 is 5.97 Å². The van der Waals surface area contributed by atoms with E-state index in [4.69, 9.17) is 14.6 Å². The van der Waals surface area contributed by atoms with Gasteiger partial charge in [-0.3, -0.25) is 9.59 Å². The third-order valence-corrected chi connectivity index (χ3v) is 3.53. The van der Waals surface area contributed by atoms with Gasteiger partial charge in [-0.25, -0.2) is 0 Å². The van der Waals surface area contributed by atoms with Crippen LogP contribution in [-0.2, 0) is 14.3 Å². The lowest BCUT2D eigenvalue weighted by Gasteiger charge is -2.20. The maximum atomic E-state index is 12.0. The number of methoxy groups -OCH3 is 1. The first-order valence-corrected chi connectivity index (χ1v) is 7.62. The van der Waals surface area contributed by atoms with E-state index in [0.29, 0.717) is 19.6 Å². The van der Waals surface area contributed by atoms with E-state index >= 15 is 0 Å². The van der Waals surface area contributed by atoms with Gasteiger partial charge in [-0.15, -0.1) is 0 Å². The standard InChI is InChI=1S/C17H25NO5/c1-13-6-7-15(11-14(13)2)23-9-4-5-16(19)18(8-10-22-3)12-17(20)21/h6-7,11H,4-5,8-10,12H2,1-3H3,(H,20,21). The van der Waals surface area contributed by atoms with Crippen molar-refractivity contribution >= 4 is 11.9 Å². The topological polar surface area (TPSA) is 76.1 Å². The van der Waals surface area contributed by atoms with Gasteiger partial charge in [0.2, 0.25) is 5.91 Å². The molecule has 1 aromatic carbocycles. The van der Waals surface area contributed by atoms with Crippen LogP contribution < -0.4 is 4.74 Å². The summed E-state index contributed by atoms with van der Waals surface area (Å²) in [7, 11) is 1.51. The molecule has 0 fully saturated rings. The molecule has 0 spiro atoms. The Morgan fingerprint density at radius 2 is 1.91 bits per heavy atom. The van der Waals surface area contributed by atoms with Crippen molar-refractivity contribution in [2.45, 2.75) is 26.7 Å². The highest BCUT2D eigenvalue weighted by Gasteiger charge is 2.16. The Morgan fingerprint density at radius 1 is 1.17 bits per heavy atom. The van der Waals surface area contributed by atoms with Gasteiger partial charge in [0.1, 0.15) is 12.3 Å². The van der Waals surface area contributed by atoms with Gasteiger partial charge in [-0.1, -0.05) is 6.07 Å². The third-order valence-electron chi connectivity index (χ3n) is 3.53. The summed E-state index contributed by atoms with van der Waals surface area (Å²) in [4.78, 5) is 24.1. The number of nitrogens with zero attached hydrogens (tertiary/aromatic N) is 1. The van der Waals surface area contributed by atoms with E-state index in [9.17, 15) is 9.59 Å². The monoisotopic (exact) mass is 323 g/mol. The fourth-order valence-electron chi connectivity index (χ4n) is 2.03. The summed E-state index contributed by atoms with van der Waals surface area (Å²) >= 11 is 0. The molecule has 0 saturated carbocycles. The lowest BCUT2D eigenvalue weighted by Crippen LogP contribution is -2.38. The number of rotatable bonds is 10. The summed E-state index contributed by atoms with van der Waals surface area (Å²) in [6.45, 7) is 4.76. The largest absolute Gasteiger partial charge is 0.494 e. The summed E-state index contributed by atoms with van der Waals surface area (Å²) in [6.07, 6.45) is 0.788. The predicted molar refractivity (Wildman–Crippen MR) is 86.7 cm³/mol. The van der Waals surface area contributed by atoms with E-state index in [-0.39, 0.29) is 25.4 Å². The van der Waals surface area contributed by atoms with Crippen molar-refractivity contribution in [1.82, 2.24) is 4.90 Å². The Bertz CT molecular complexity index is 530. The zero-order chi connectivity index (χ0) is 17.2. The summed E-state index contributed by atoms with van der Waals surface area (Å²) in [6, 6.07) is 5.86. The van der Waals surface area contributed by atoms with Crippen LogP contribution in [0.25, 0.3) is 0 Å². The van der Waals surface area contributed by atoms with Crippen molar-refractivity contribution in [1.29, 1.82) is 0 Å². The average molecular weight is 323 g/mol. The Hall–Kier alpha value is -2.08. The van der Waals surface area contributed by atoms with E-state index in [1.807, 2.05) is 32.0 Å². The maximum absolute atomic E-state index is 12.0. The minimum atomic E-state index is -1.03. The van der Waals surface area contributed by atoms with E-state index in [1.165, 1.54) is 17.6 Å². The first kappa shape index (κ1) is 19.0. The third kappa shape index (κ3) is 7.15. The van der Waals surface area contributed by atoms with Crippen molar-refractivity contribution in [2.24, 2.45) is 0 Å². The molecule has 0 heterocycles. The minimum Gasteiger partial charge on any atom is -0.494 e. The number of aryl methyl sites for hydroxylation is 2. The zero-order valence-electron chi connectivity index (χ0n) is 14.0. The van der Waals surface area contributed by atoms with Gasteiger partial charge in [0.05, 0.1) is 13.2 Å². The number of carboxylic acids is 1. The molecule has 0 unspecified atom stereocenters. The predicted octanol–water partition coefficient (Wildman–Crippen LogP) is 2.02. The van der Waals surface area contributed by atoms with Gasteiger partial charge in [0.15, 0.2) is 0 Å². The molecule has 0 aromatic heterocycles. The van der Waals surface area contributed by atoms with E-state index in [2.05, 4.69) is 0 Å². The van der Waals surface area contributed by atoms with Crippen molar-refractivity contribution in [3.05, 3.63) is 29.3 Å². The smallest absolute Gasteiger partial charge is 0.323 e. The fourth-order valence-corrected chi connectivity index (χ4v) is 2.03. The highest BCUT2D eigenvalue weighted by atomic mass is 16.5. The number of ether oxygens (including phenoxy) is 2. The molecule has 0 aliphatic carbocycles. The van der Waals surface area contributed by atoms with Gasteiger partial charge in [0.25, 0.3) is 0 Å². The van der Waals surface area contributed by atoms with Gasteiger partial charge in [0, 0.05) is 20.1 Å². The quantitative estimate of drug-likeness (QED) is 0.667. The van der Waals surface area contributed by atoms with Crippen LogP contribution in [0.15, 0.2) is 18.2 Å². The molecule has 1 N–H and O–H groups in total. The molecule has 0 aliphatic rings. The zero-order valence-corrected chi connectivity index (χ0v) is 14.0. The molecular formula is C17H25NO5. The van der Waals surface area contributed by atoms with Gasteiger partial charge < -0.3 is 19.5 Å². The van der Waals surface area contributed by atoms with E-state index in [1.54, 1.807) is 0 Å². The number of benzene rings is 1. The summed E-state index contributed by atoms with van der Waals surface area (Å²) in [5, 5.41) is 8.84. The van der Waals surface area contributed by atoms with Crippen molar-refractivity contribution in [3.63, 3.8) is 0 Å². The minimum absolute atomic E-state index is 0.201. The molecule has 1 rings (SSSR count). The first-order chi connectivity index (χ1) is 10.9.